The molecule has 0 aliphatic heterocycles. The number of nitrogens with zero attached hydrogens (tertiary/aromatic N) is 1. The number of carbonyl (C=O) groups excluding carboxylic acids is 2. The van der Waals surface area contributed by atoms with Crippen molar-refractivity contribution in [2.75, 3.05) is 32.6 Å². The maximum atomic E-state index is 12.3. The first-order valence-electron chi connectivity index (χ1n) is 9.26. The van der Waals surface area contributed by atoms with E-state index in [0.717, 1.165) is 22.1 Å². The minimum Gasteiger partial charge on any atom is -0.497 e. The van der Waals surface area contributed by atoms with Gasteiger partial charge < -0.3 is 19.7 Å². The molecule has 0 spiro atoms. The summed E-state index contributed by atoms with van der Waals surface area (Å²) in [5, 5.41) is 4.78. The van der Waals surface area contributed by atoms with E-state index < -0.39 is 0 Å². The van der Waals surface area contributed by atoms with Gasteiger partial charge in [-0.15, -0.1) is 0 Å². The Labute approximate surface area is 170 Å². The number of carbonyl (C=O) groups is 2. The van der Waals surface area contributed by atoms with Crippen molar-refractivity contribution < 1.29 is 19.1 Å². The third kappa shape index (κ3) is 5.48. The lowest BCUT2D eigenvalue weighted by Gasteiger charge is -2.17. The van der Waals surface area contributed by atoms with Crippen molar-refractivity contribution in [2.24, 2.45) is 0 Å². The van der Waals surface area contributed by atoms with Gasteiger partial charge in [0.1, 0.15) is 11.5 Å². The molecule has 6 heteroatoms. The summed E-state index contributed by atoms with van der Waals surface area (Å²) < 4.78 is 10.9. The number of anilines is 1. The predicted octanol–water partition coefficient (Wildman–Crippen LogP) is 3.63. The Hall–Kier alpha value is -3.54. The van der Waals surface area contributed by atoms with Gasteiger partial charge in [-0.05, 0) is 54.1 Å². The summed E-state index contributed by atoms with van der Waals surface area (Å²) in [5.74, 6) is 0.791. The molecule has 0 radical (unpaired) electrons. The quantitative estimate of drug-likeness (QED) is 0.667. The standard InChI is InChI=1S/C23H24N2O4/c1-16-4-8-19(9-5-16)24-22(26)14-25(2)23(27)15-29-21-11-7-17-6-10-20(28-3)12-18(17)13-21/h4-13H,14-15H2,1-3H3,(H,24,26). The lowest BCUT2D eigenvalue weighted by molar-refractivity contribution is -0.135. The highest BCUT2D eigenvalue weighted by Gasteiger charge is 2.14. The second-order valence-electron chi connectivity index (χ2n) is 6.83. The monoisotopic (exact) mass is 392 g/mol. The predicted molar refractivity (Wildman–Crippen MR) is 113 cm³/mol. The van der Waals surface area contributed by atoms with E-state index in [-0.39, 0.29) is 25.0 Å². The van der Waals surface area contributed by atoms with Gasteiger partial charge in [-0.25, -0.2) is 0 Å². The second-order valence-corrected chi connectivity index (χ2v) is 6.83. The number of fused-ring (bicyclic) bond motifs is 1. The van der Waals surface area contributed by atoms with Gasteiger partial charge >= 0.3 is 0 Å². The highest BCUT2D eigenvalue weighted by Crippen LogP contribution is 2.25. The van der Waals surface area contributed by atoms with Crippen LogP contribution in [0.15, 0.2) is 60.7 Å². The van der Waals surface area contributed by atoms with Crippen LogP contribution in [0.5, 0.6) is 11.5 Å². The van der Waals surface area contributed by atoms with Crippen molar-refractivity contribution in [2.45, 2.75) is 6.92 Å². The fourth-order valence-corrected chi connectivity index (χ4v) is 2.82. The molecular weight excluding hydrogens is 368 g/mol. The van der Waals surface area contributed by atoms with Crippen LogP contribution in [-0.2, 0) is 9.59 Å². The van der Waals surface area contributed by atoms with Crippen LogP contribution in [0.3, 0.4) is 0 Å². The van der Waals surface area contributed by atoms with Crippen molar-refractivity contribution in [1.82, 2.24) is 4.90 Å². The summed E-state index contributed by atoms with van der Waals surface area (Å²) in [6.45, 7) is 1.78. The third-order valence-corrected chi connectivity index (χ3v) is 4.52. The van der Waals surface area contributed by atoms with E-state index in [1.54, 1.807) is 14.2 Å². The molecule has 0 atom stereocenters. The van der Waals surface area contributed by atoms with Crippen LogP contribution in [-0.4, -0.2) is 44.0 Å². The maximum Gasteiger partial charge on any atom is 0.260 e. The normalized spacial score (nSPS) is 10.4. The average Bonchev–Trinajstić information content (AvgIpc) is 2.72. The summed E-state index contributed by atoms with van der Waals surface area (Å²) in [4.78, 5) is 25.8. The number of benzene rings is 3. The van der Waals surface area contributed by atoms with Crippen molar-refractivity contribution >= 4 is 28.3 Å². The van der Waals surface area contributed by atoms with Crippen LogP contribution in [0.2, 0.25) is 0 Å². The van der Waals surface area contributed by atoms with Gasteiger partial charge in [0.05, 0.1) is 13.7 Å². The van der Waals surface area contributed by atoms with Gasteiger partial charge in [0.25, 0.3) is 5.91 Å². The first kappa shape index (κ1) is 20.2. The smallest absolute Gasteiger partial charge is 0.260 e. The van der Waals surface area contributed by atoms with E-state index in [4.69, 9.17) is 9.47 Å². The summed E-state index contributed by atoms with van der Waals surface area (Å²) in [6, 6.07) is 18.8. The Morgan fingerprint density at radius 1 is 0.931 bits per heavy atom. The molecule has 0 heterocycles. The molecule has 29 heavy (non-hydrogen) atoms. The van der Waals surface area contributed by atoms with E-state index in [1.165, 1.54) is 4.90 Å². The number of hydrogen-bond acceptors (Lipinski definition) is 4. The minimum absolute atomic E-state index is 0.0506. The van der Waals surface area contributed by atoms with Gasteiger partial charge in [-0.3, -0.25) is 9.59 Å². The number of rotatable bonds is 7. The van der Waals surface area contributed by atoms with Crippen LogP contribution in [0.25, 0.3) is 10.8 Å². The Balaban J connectivity index is 1.53. The van der Waals surface area contributed by atoms with Crippen LogP contribution >= 0.6 is 0 Å². The van der Waals surface area contributed by atoms with Crippen LogP contribution < -0.4 is 14.8 Å². The van der Waals surface area contributed by atoms with Gasteiger partial charge in [-0.2, -0.15) is 0 Å². The number of aryl methyl sites for hydroxylation is 1. The molecular formula is C23H24N2O4. The molecule has 0 saturated heterocycles. The largest absolute Gasteiger partial charge is 0.497 e. The number of methoxy groups -OCH3 is 1. The Kier molecular flexibility index (Phi) is 6.34. The number of ether oxygens (including phenoxy) is 2. The molecule has 6 nitrogen and oxygen atoms in total. The maximum absolute atomic E-state index is 12.3. The summed E-state index contributed by atoms with van der Waals surface area (Å²) >= 11 is 0. The zero-order valence-corrected chi connectivity index (χ0v) is 16.8. The fourth-order valence-electron chi connectivity index (χ4n) is 2.82. The van der Waals surface area contributed by atoms with E-state index in [2.05, 4.69) is 5.32 Å². The highest BCUT2D eigenvalue weighted by atomic mass is 16.5. The lowest BCUT2D eigenvalue weighted by Crippen LogP contribution is -2.37. The topological polar surface area (TPSA) is 67.9 Å². The molecule has 3 aromatic rings. The molecule has 0 aliphatic carbocycles. The molecule has 3 rings (SSSR count). The Morgan fingerprint density at radius 2 is 1.59 bits per heavy atom. The molecule has 0 saturated carbocycles. The number of amides is 2. The lowest BCUT2D eigenvalue weighted by atomic mass is 10.1. The number of hydrogen-bond donors (Lipinski definition) is 1. The minimum atomic E-state index is -0.283. The molecule has 2 amide bonds. The van der Waals surface area contributed by atoms with Crippen LogP contribution in [0.4, 0.5) is 5.69 Å². The van der Waals surface area contributed by atoms with Crippen molar-refractivity contribution in [3.05, 3.63) is 66.2 Å². The molecule has 3 aromatic carbocycles. The third-order valence-electron chi connectivity index (χ3n) is 4.52. The molecule has 0 fully saturated rings. The molecule has 0 aromatic heterocycles. The van der Waals surface area contributed by atoms with Gasteiger partial charge in [0.2, 0.25) is 5.91 Å². The first-order valence-corrected chi connectivity index (χ1v) is 9.26. The van der Waals surface area contributed by atoms with E-state index in [9.17, 15) is 9.59 Å². The van der Waals surface area contributed by atoms with Crippen molar-refractivity contribution in [3.63, 3.8) is 0 Å². The van der Waals surface area contributed by atoms with E-state index in [0.29, 0.717) is 11.4 Å². The molecule has 0 unspecified atom stereocenters. The summed E-state index contributed by atoms with van der Waals surface area (Å²) in [6.07, 6.45) is 0. The Bertz CT molecular complexity index is 1020. The van der Waals surface area contributed by atoms with E-state index in [1.807, 2.05) is 67.6 Å². The zero-order valence-electron chi connectivity index (χ0n) is 16.8. The molecule has 150 valence electrons. The fraction of sp³-hybridized carbons (Fsp3) is 0.217. The zero-order chi connectivity index (χ0) is 20.8. The highest BCUT2D eigenvalue weighted by molar-refractivity contribution is 5.94. The van der Waals surface area contributed by atoms with Gasteiger partial charge in [0.15, 0.2) is 6.61 Å². The molecule has 1 N–H and O–H groups in total. The summed E-state index contributed by atoms with van der Waals surface area (Å²) in [7, 11) is 3.19. The van der Waals surface area contributed by atoms with Crippen molar-refractivity contribution in [1.29, 1.82) is 0 Å². The van der Waals surface area contributed by atoms with Gasteiger partial charge in [-0.1, -0.05) is 29.8 Å². The SMILES string of the molecule is COc1ccc2ccc(OCC(=O)N(C)CC(=O)Nc3ccc(C)cc3)cc2c1. The first-order chi connectivity index (χ1) is 13.9. The van der Waals surface area contributed by atoms with Crippen LogP contribution in [0.1, 0.15) is 5.56 Å². The second kappa shape index (κ2) is 9.10. The number of nitrogens with one attached hydrogen (secondary N) is 1. The van der Waals surface area contributed by atoms with Gasteiger partial charge in [0, 0.05) is 12.7 Å². The summed E-state index contributed by atoms with van der Waals surface area (Å²) in [5.41, 5.74) is 1.81. The Morgan fingerprint density at radius 3 is 2.28 bits per heavy atom. The molecule has 0 bridgehead atoms. The van der Waals surface area contributed by atoms with E-state index >= 15 is 0 Å². The molecule has 0 aliphatic rings. The average molecular weight is 392 g/mol. The number of likely N-dealkylation sites (N-methyl/N-ethyl adjacent to an activating group) is 1. The van der Waals surface area contributed by atoms with Crippen LogP contribution in [0, 0.1) is 6.92 Å². The van der Waals surface area contributed by atoms with Crippen molar-refractivity contribution in [3.8, 4) is 11.5 Å².